The fraction of sp³-hybridized carbons (Fsp3) is 0.571. The first-order chi connectivity index (χ1) is 10.8. The fourth-order valence-corrected chi connectivity index (χ4v) is 2.92. The second-order valence-corrected chi connectivity index (χ2v) is 6.30. The lowest BCUT2D eigenvalue weighted by Gasteiger charge is -2.03. The Bertz CT molecular complexity index is 430. The van der Waals surface area contributed by atoms with Crippen molar-refractivity contribution < 1.29 is 9.47 Å². The Morgan fingerprint density at radius 2 is 1.45 bits per heavy atom. The molecule has 0 radical (unpaired) electrons. The molecule has 1 unspecified atom stereocenters. The summed E-state index contributed by atoms with van der Waals surface area (Å²) in [4.78, 5) is 0. The van der Waals surface area contributed by atoms with Crippen LogP contribution in [0, 0.1) is 6.92 Å². The zero-order valence-electron chi connectivity index (χ0n) is 13.8. The number of ether oxygens (including phenoxy) is 2. The molecule has 1 aromatic heterocycles. The Morgan fingerprint density at radius 3 is 1.82 bits per heavy atom. The van der Waals surface area contributed by atoms with E-state index in [4.69, 9.17) is 9.47 Å². The van der Waals surface area contributed by atoms with Crippen molar-refractivity contribution in [2.75, 3.05) is 13.2 Å². The van der Waals surface area contributed by atoms with E-state index in [2.05, 4.69) is 20.5 Å². The minimum atomic E-state index is 0.339. The third-order valence-electron chi connectivity index (χ3n) is 2.10. The van der Waals surface area contributed by atoms with Crippen LogP contribution in [0.2, 0.25) is 0 Å². The minimum Gasteiger partial charge on any atom is -0.491 e. The van der Waals surface area contributed by atoms with Gasteiger partial charge in [-0.1, -0.05) is 45.4 Å². The zero-order chi connectivity index (χ0) is 16.6. The molecule has 0 saturated carbocycles. The Labute approximate surface area is 138 Å². The van der Waals surface area contributed by atoms with Gasteiger partial charge in [0.2, 0.25) is 0 Å². The van der Waals surface area contributed by atoms with Gasteiger partial charge in [0.05, 0.1) is 6.61 Å². The van der Waals surface area contributed by atoms with E-state index in [1.165, 1.54) is 5.56 Å². The molecule has 0 amide bonds. The summed E-state index contributed by atoms with van der Waals surface area (Å²) in [6.07, 6.45) is 0.339. The van der Waals surface area contributed by atoms with Gasteiger partial charge in [0, 0.05) is 0 Å². The highest BCUT2D eigenvalue weighted by atomic mass is 31.1. The SMILES string of the molecule is CC.CC.Cc1ccc(OCC2CO2)cc1.n1pnpnp1. The second-order valence-electron chi connectivity index (χ2n) is 3.62. The van der Waals surface area contributed by atoms with Crippen molar-refractivity contribution in [3.05, 3.63) is 29.8 Å². The normalized spacial score (nSPS) is 15.0. The first-order valence-corrected chi connectivity index (χ1v) is 9.76. The summed E-state index contributed by atoms with van der Waals surface area (Å²) < 4.78 is 21.8. The van der Waals surface area contributed by atoms with Gasteiger partial charge in [0.1, 0.15) is 18.5 Å². The smallest absolute Gasteiger partial charge is 0.166 e. The van der Waals surface area contributed by atoms with Gasteiger partial charge >= 0.3 is 0 Å². The molecule has 1 aromatic carbocycles. The topological polar surface area (TPSA) is 60.4 Å². The van der Waals surface area contributed by atoms with E-state index in [1.54, 1.807) is 0 Å². The Morgan fingerprint density at radius 1 is 1.00 bits per heavy atom. The van der Waals surface area contributed by atoms with Crippen LogP contribution in [0.25, 0.3) is 0 Å². The molecule has 0 aliphatic carbocycles. The van der Waals surface area contributed by atoms with Crippen LogP contribution in [0.3, 0.4) is 0 Å². The predicted molar refractivity (Wildman–Crippen MR) is 96.5 cm³/mol. The van der Waals surface area contributed by atoms with Crippen LogP contribution in [-0.4, -0.2) is 32.8 Å². The molecular formula is C14H24N3O2P3. The molecule has 122 valence electrons. The van der Waals surface area contributed by atoms with E-state index in [9.17, 15) is 0 Å². The predicted octanol–water partition coefficient (Wildman–Crippen LogP) is 5.44. The van der Waals surface area contributed by atoms with Crippen LogP contribution >= 0.6 is 25.5 Å². The van der Waals surface area contributed by atoms with Crippen LogP contribution in [0.4, 0.5) is 0 Å². The maximum absolute atomic E-state index is 5.46. The molecular weight excluding hydrogens is 335 g/mol. The van der Waals surface area contributed by atoms with Gasteiger partial charge in [-0.15, -0.1) is 0 Å². The fourth-order valence-electron chi connectivity index (χ4n) is 1.10. The van der Waals surface area contributed by atoms with Gasteiger partial charge in [0.15, 0.2) is 25.5 Å². The number of aryl methyl sites for hydroxylation is 1. The summed E-state index contributed by atoms with van der Waals surface area (Å²) >= 11 is 0. The van der Waals surface area contributed by atoms with Gasteiger partial charge in [-0.3, -0.25) is 0 Å². The molecule has 5 nitrogen and oxygen atoms in total. The number of hydrogen-bond acceptors (Lipinski definition) is 5. The molecule has 0 bridgehead atoms. The molecule has 0 spiro atoms. The summed E-state index contributed by atoms with van der Waals surface area (Å²) in [7, 11) is 2.49. The first-order valence-electron chi connectivity index (χ1n) is 7.36. The molecule has 1 aliphatic heterocycles. The number of aromatic nitrogens is 3. The van der Waals surface area contributed by atoms with Gasteiger partial charge in [-0.2, -0.15) is 13.5 Å². The average Bonchev–Trinajstić information content (AvgIpc) is 3.45. The van der Waals surface area contributed by atoms with E-state index in [0.717, 1.165) is 37.9 Å². The minimum absolute atomic E-state index is 0.339. The number of epoxide rings is 1. The van der Waals surface area contributed by atoms with E-state index in [1.807, 2.05) is 52.0 Å². The van der Waals surface area contributed by atoms with Crippen LogP contribution in [-0.2, 0) is 4.74 Å². The highest BCUT2D eigenvalue weighted by Gasteiger charge is 2.22. The summed E-state index contributed by atoms with van der Waals surface area (Å²) in [5.74, 6) is 0.927. The van der Waals surface area contributed by atoms with Crippen molar-refractivity contribution in [2.24, 2.45) is 0 Å². The van der Waals surface area contributed by atoms with Crippen LogP contribution in [0.15, 0.2) is 24.3 Å². The van der Waals surface area contributed by atoms with E-state index < -0.39 is 0 Å². The Balaban J connectivity index is 0.000000373. The molecule has 1 atom stereocenters. The van der Waals surface area contributed by atoms with Crippen molar-refractivity contribution >= 4 is 25.5 Å². The average molecular weight is 359 g/mol. The van der Waals surface area contributed by atoms with E-state index in [-0.39, 0.29) is 0 Å². The van der Waals surface area contributed by atoms with Crippen LogP contribution in [0.5, 0.6) is 5.75 Å². The van der Waals surface area contributed by atoms with Crippen molar-refractivity contribution in [3.63, 3.8) is 0 Å². The molecule has 1 saturated heterocycles. The number of benzene rings is 1. The quantitative estimate of drug-likeness (QED) is 0.683. The molecule has 22 heavy (non-hydrogen) atoms. The lowest BCUT2D eigenvalue weighted by atomic mass is 10.2. The van der Waals surface area contributed by atoms with Crippen molar-refractivity contribution in [2.45, 2.75) is 40.7 Å². The largest absolute Gasteiger partial charge is 0.491 e. The molecule has 2 aromatic rings. The summed E-state index contributed by atoms with van der Waals surface area (Å²) in [5, 5.41) is 0. The first kappa shape index (κ1) is 21.3. The van der Waals surface area contributed by atoms with Crippen molar-refractivity contribution in [3.8, 4) is 5.75 Å². The van der Waals surface area contributed by atoms with Gasteiger partial charge < -0.3 is 9.47 Å². The highest BCUT2D eigenvalue weighted by molar-refractivity contribution is 7.43. The summed E-state index contributed by atoms with van der Waals surface area (Å²) in [5.41, 5.74) is 1.25. The number of nitrogens with zero attached hydrogens (tertiary/aromatic N) is 3. The summed E-state index contributed by atoms with van der Waals surface area (Å²) in [6, 6.07) is 8.06. The third kappa shape index (κ3) is 11.9. The van der Waals surface area contributed by atoms with Crippen molar-refractivity contribution in [1.82, 2.24) is 13.5 Å². The Hall–Kier alpha value is -0.720. The number of rotatable bonds is 3. The van der Waals surface area contributed by atoms with E-state index in [0.29, 0.717) is 12.7 Å². The second kappa shape index (κ2) is 15.2. The Kier molecular flexibility index (Phi) is 14.7. The van der Waals surface area contributed by atoms with E-state index >= 15 is 0 Å². The van der Waals surface area contributed by atoms with Gasteiger partial charge in [-0.25, -0.2) is 0 Å². The lowest BCUT2D eigenvalue weighted by Crippen LogP contribution is -2.03. The van der Waals surface area contributed by atoms with Crippen molar-refractivity contribution in [1.29, 1.82) is 0 Å². The maximum atomic E-state index is 5.46. The molecule has 0 N–H and O–H groups in total. The highest BCUT2D eigenvalue weighted by Crippen LogP contribution is 2.15. The van der Waals surface area contributed by atoms with Gasteiger partial charge in [0.25, 0.3) is 0 Å². The molecule has 1 aliphatic rings. The molecule has 8 heteroatoms. The molecule has 1 fully saturated rings. The number of hydrogen-bond donors (Lipinski definition) is 0. The van der Waals surface area contributed by atoms with Gasteiger partial charge in [-0.05, 0) is 19.1 Å². The van der Waals surface area contributed by atoms with Crippen LogP contribution in [0.1, 0.15) is 33.3 Å². The maximum Gasteiger partial charge on any atom is 0.166 e. The molecule has 3 rings (SSSR count). The lowest BCUT2D eigenvalue weighted by molar-refractivity contribution is 0.263. The third-order valence-corrected chi connectivity index (χ3v) is 4.02. The monoisotopic (exact) mass is 359 g/mol. The zero-order valence-corrected chi connectivity index (χ0v) is 16.5. The van der Waals surface area contributed by atoms with Crippen LogP contribution < -0.4 is 4.74 Å². The molecule has 2 heterocycles. The standard InChI is InChI=1S/C10H12O2.2C2H6.N3P3/c1-8-2-4-9(5-3-8)11-6-10-7-12-10;2*1-2;1-4-2-6-3-5-1/h2-5,10H,6-7H2,1H3;2*1-2H3;. The summed E-state index contributed by atoms with van der Waals surface area (Å²) in [6.45, 7) is 11.6.